The van der Waals surface area contributed by atoms with E-state index in [1.165, 1.54) is 6.07 Å². The molecule has 1 atom stereocenters. The van der Waals surface area contributed by atoms with Crippen molar-refractivity contribution in [3.05, 3.63) is 65.5 Å². The summed E-state index contributed by atoms with van der Waals surface area (Å²) in [6.45, 7) is 0. The molecule has 2 N–H and O–H groups in total. The summed E-state index contributed by atoms with van der Waals surface area (Å²) in [4.78, 5) is 3.86. The summed E-state index contributed by atoms with van der Waals surface area (Å²) in [5, 5.41) is 0. The molecule has 0 aliphatic heterocycles. The van der Waals surface area contributed by atoms with Gasteiger partial charge in [0.05, 0.1) is 6.04 Å². The summed E-state index contributed by atoms with van der Waals surface area (Å²) in [5.74, 6) is -1.76. The SMILES string of the molecule is N[C@@H](c1ccncc1)c1ccc(F)c(F)c1. The van der Waals surface area contributed by atoms with Crippen LogP contribution in [0.1, 0.15) is 17.2 Å². The number of halogens is 2. The molecule has 2 aromatic rings. The fourth-order valence-corrected chi connectivity index (χ4v) is 1.47. The minimum Gasteiger partial charge on any atom is -0.320 e. The fourth-order valence-electron chi connectivity index (χ4n) is 1.47. The maximum absolute atomic E-state index is 13.0. The molecule has 0 aliphatic rings. The number of hydrogen-bond donors (Lipinski definition) is 1. The predicted molar refractivity (Wildman–Crippen MR) is 56.6 cm³/mol. The number of aromatic nitrogens is 1. The molecular formula is C12H10F2N2. The van der Waals surface area contributed by atoms with E-state index in [0.29, 0.717) is 5.56 Å². The van der Waals surface area contributed by atoms with E-state index in [1.54, 1.807) is 24.5 Å². The topological polar surface area (TPSA) is 38.9 Å². The highest BCUT2D eigenvalue weighted by molar-refractivity contribution is 5.30. The van der Waals surface area contributed by atoms with Gasteiger partial charge in [-0.15, -0.1) is 0 Å². The Labute approximate surface area is 91.7 Å². The second-order valence-corrected chi connectivity index (χ2v) is 3.43. The molecule has 0 bridgehead atoms. The van der Waals surface area contributed by atoms with Crippen molar-refractivity contribution in [3.63, 3.8) is 0 Å². The highest BCUT2D eigenvalue weighted by Gasteiger charge is 2.11. The number of pyridine rings is 1. The molecule has 2 nitrogen and oxygen atoms in total. The summed E-state index contributed by atoms with van der Waals surface area (Å²) >= 11 is 0. The van der Waals surface area contributed by atoms with Crippen molar-refractivity contribution in [2.75, 3.05) is 0 Å². The minimum atomic E-state index is -0.887. The van der Waals surface area contributed by atoms with Crippen molar-refractivity contribution in [1.82, 2.24) is 4.98 Å². The molecule has 2 rings (SSSR count). The van der Waals surface area contributed by atoms with Crippen molar-refractivity contribution < 1.29 is 8.78 Å². The van der Waals surface area contributed by atoms with Gasteiger partial charge in [0, 0.05) is 12.4 Å². The first-order valence-corrected chi connectivity index (χ1v) is 4.79. The minimum absolute atomic E-state index is 0.474. The van der Waals surface area contributed by atoms with E-state index in [1.807, 2.05) is 0 Å². The van der Waals surface area contributed by atoms with Crippen LogP contribution in [-0.2, 0) is 0 Å². The van der Waals surface area contributed by atoms with Crippen molar-refractivity contribution >= 4 is 0 Å². The Morgan fingerprint density at radius 1 is 0.938 bits per heavy atom. The third-order valence-corrected chi connectivity index (χ3v) is 2.37. The number of hydrogen-bond acceptors (Lipinski definition) is 2. The molecule has 1 aromatic carbocycles. The Kier molecular flexibility index (Phi) is 2.92. The van der Waals surface area contributed by atoms with E-state index < -0.39 is 17.7 Å². The maximum atomic E-state index is 13.0. The number of nitrogens with zero attached hydrogens (tertiary/aromatic N) is 1. The van der Waals surface area contributed by atoms with Crippen LogP contribution in [0.4, 0.5) is 8.78 Å². The van der Waals surface area contributed by atoms with Crippen molar-refractivity contribution in [1.29, 1.82) is 0 Å². The maximum Gasteiger partial charge on any atom is 0.159 e. The van der Waals surface area contributed by atoms with Crippen LogP contribution < -0.4 is 5.73 Å². The molecule has 16 heavy (non-hydrogen) atoms. The van der Waals surface area contributed by atoms with Crippen molar-refractivity contribution in [3.8, 4) is 0 Å². The van der Waals surface area contributed by atoms with Gasteiger partial charge in [-0.25, -0.2) is 8.78 Å². The van der Waals surface area contributed by atoms with E-state index >= 15 is 0 Å². The molecule has 1 heterocycles. The first-order chi connectivity index (χ1) is 7.68. The van der Waals surface area contributed by atoms with E-state index in [9.17, 15) is 8.78 Å². The molecule has 0 amide bonds. The lowest BCUT2D eigenvalue weighted by atomic mass is 10.0. The molecule has 0 saturated carbocycles. The molecule has 4 heteroatoms. The second-order valence-electron chi connectivity index (χ2n) is 3.43. The molecule has 82 valence electrons. The summed E-state index contributed by atoms with van der Waals surface area (Å²) < 4.78 is 25.8. The van der Waals surface area contributed by atoms with Gasteiger partial charge in [0.1, 0.15) is 0 Å². The zero-order valence-corrected chi connectivity index (χ0v) is 8.40. The zero-order chi connectivity index (χ0) is 11.5. The largest absolute Gasteiger partial charge is 0.320 e. The fraction of sp³-hybridized carbons (Fsp3) is 0.0833. The Morgan fingerprint density at radius 3 is 2.25 bits per heavy atom. The van der Waals surface area contributed by atoms with Crippen LogP contribution in [0.5, 0.6) is 0 Å². The number of nitrogens with two attached hydrogens (primary N) is 1. The first-order valence-electron chi connectivity index (χ1n) is 4.79. The quantitative estimate of drug-likeness (QED) is 0.844. The van der Waals surface area contributed by atoms with E-state index in [0.717, 1.165) is 17.7 Å². The second kappa shape index (κ2) is 4.37. The van der Waals surface area contributed by atoms with Gasteiger partial charge in [-0.05, 0) is 35.4 Å². The smallest absolute Gasteiger partial charge is 0.159 e. The summed E-state index contributed by atoms with van der Waals surface area (Å²) in [5.41, 5.74) is 7.26. The van der Waals surface area contributed by atoms with Crippen LogP contribution in [-0.4, -0.2) is 4.98 Å². The molecule has 0 unspecified atom stereocenters. The lowest BCUT2D eigenvalue weighted by molar-refractivity contribution is 0.506. The summed E-state index contributed by atoms with van der Waals surface area (Å²) in [6, 6.07) is 6.67. The van der Waals surface area contributed by atoms with Crippen molar-refractivity contribution in [2.24, 2.45) is 5.73 Å². The van der Waals surface area contributed by atoms with Crippen LogP contribution in [0.25, 0.3) is 0 Å². The van der Waals surface area contributed by atoms with Crippen molar-refractivity contribution in [2.45, 2.75) is 6.04 Å². The van der Waals surface area contributed by atoms with Crippen LogP contribution in [0, 0.1) is 11.6 Å². The molecule has 0 radical (unpaired) electrons. The molecule has 0 fully saturated rings. The van der Waals surface area contributed by atoms with Crippen LogP contribution >= 0.6 is 0 Å². The predicted octanol–water partition coefficient (Wildman–Crippen LogP) is 2.41. The average molecular weight is 220 g/mol. The normalized spacial score (nSPS) is 12.4. The average Bonchev–Trinajstić information content (AvgIpc) is 2.33. The first kappa shape index (κ1) is 10.7. The lowest BCUT2D eigenvalue weighted by Gasteiger charge is -2.12. The standard InChI is InChI=1S/C12H10F2N2/c13-10-2-1-9(7-11(10)14)12(15)8-3-5-16-6-4-8/h1-7,12H,15H2/t12-/m0/s1. The van der Waals surface area contributed by atoms with Gasteiger partial charge in [0.2, 0.25) is 0 Å². The van der Waals surface area contributed by atoms with Gasteiger partial charge < -0.3 is 5.73 Å². The zero-order valence-electron chi connectivity index (χ0n) is 8.40. The highest BCUT2D eigenvalue weighted by atomic mass is 19.2. The Bertz CT molecular complexity index is 486. The van der Waals surface area contributed by atoms with E-state index in [-0.39, 0.29) is 0 Å². The molecule has 0 spiro atoms. The number of rotatable bonds is 2. The van der Waals surface area contributed by atoms with Gasteiger partial charge >= 0.3 is 0 Å². The Balaban J connectivity index is 2.34. The van der Waals surface area contributed by atoms with Gasteiger partial charge in [-0.1, -0.05) is 6.07 Å². The van der Waals surface area contributed by atoms with Crippen LogP contribution in [0.15, 0.2) is 42.7 Å². The Hall–Kier alpha value is -1.81. The van der Waals surface area contributed by atoms with Crippen LogP contribution in [0.2, 0.25) is 0 Å². The third kappa shape index (κ3) is 2.06. The Morgan fingerprint density at radius 2 is 1.62 bits per heavy atom. The highest BCUT2D eigenvalue weighted by Crippen LogP contribution is 2.20. The summed E-state index contributed by atoms with van der Waals surface area (Å²) in [6.07, 6.45) is 3.21. The summed E-state index contributed by atoms with van der Waals surface area (Å²) in [7, 11) is 0. The third-order valence-electron chi connectivity index (χ3n) is 2.37. The van der Waals surface area contributed by atoms with Crippen LogP contribution in [0.3, 0.4) is 0 Å². The van der Waals surface area contributed by atoms with Gasteiger partial charge in [-0.2, -0.15) is 0 Å². The molecule has 1 aromatic heterocycles. The van der Waals surface area contributed by atoms with Gasteiger partial charge in [0.15, 0.2) is 11.6 Å². The monoisotopic (exact) mass is 220 g/mol. The van der Waals surface area contributed by atoms with E-state index in [4.69, 9.17) is 5.73 Å². The van der Waals surface area contributed by atoms with Gasteiger partial charge in [0.25, 0.3) is 0 Å². The molecule has 0 saturated heterocycles. The lowest BCUT2D eigenvalue weighted by Crippen LogP contribution is -2.12. The molecule has 0 aliphatic carbocycles. The van der Waals surface area contributed by atoms with E-state index in [2.05, 4.69) is 4.98 Å². The van der Waals surface area contributed by atoms with Gasteiger partial charge in [-0.3, -0.25) is 4.98 Å². The number of benzene rings is 1. The molecular weight excluding hydrogens is 210 g/mol.